The van der Waals surface area contributed by atoms with E-state index >= 15 is 0 Å². The van der Waals surface area contributed by atoms with Crippen LogP contribution in [0.3, 0.4) is 0 Å². The van der Waals surface area contributed by atoms with Gasteiger partial charge in [-0.2, -0.15) is 0 Å². The number of morpholine rings is 1. The summed E-state index contributed by atoms with van der Waals surface area (Å²) in [5, 5.41) is 3.30. The van der Waals surface area contributed by atoms with Crippen LogP contribution in [0.25, 0.3) is 0 Å². The Bertz CT molecular complexity index is 1140. The van der Waals surface area contributed by atoms with E-state index in [1.54, 1.807) is 6.07 Å². The summed E-state index contributed by atoms with van der Waals surface area (Å²) in [4.78, 5) is 20.8. The van der Waals surface area contributed by atoms with Crippen LogP contribution >= 0.6 is 15.9 Å². The third-order valence-electron chi connectivity index (χ3n) is 7.76. The second-order valence-electron chi connectivity index (χ2n) is 10.1. The third-order valence-corrected chi connectivity index (χ3v) is 8.29. The van der Waals surface area contributed by atoms with Crippen molar-refractivity contribution in [2.45, 2.75) is 44.2 Å². The van der Waals surface area contributed by atoms with Crippen molar-refractivity contribution in [2.24, 2.45) is 5.92 Å². The highest BCUT2D eigenvalue weighted by Crippen LogP contribution is 2.41. The fourth-order valence-electron chi connectivity index (χ4n) is 5.71. The minimum Gasteiger partial charge on any atom is -0.379 e. The summed E-state index contributed by atoms with van der Waals surface area (Å²) in [5.74, 6) is -0.430. The summed E-state index contributed by atoms with van der Waals surface area (Å²) in [6.07, 6.45) is 3.94. The Balaban J connectivity index is 1.41. The molecule has 7 heteroatoms. The maximum Gasteiger partial charge on any atom is 0.224 e. The molecule has 37 heavy (non-hydrogen) atoms. The molecule has 2 aliphatic rings. The zero-order valence-electron chi connectivity index (χ0n) is 21.1. The first kappa shape index (κ1) is 26.0. The van der Waals surface area contributed by atoms with E-state index in [0.29, 0.717) is 11.7 Å². The van der Waals surface area contributed by atoms with Crippen molar-refractivity contribution in [3.8, 4) is 0 Å². The molecule has 0 spiro atoms. The Kier molecular flexibility index (Phi) is 8.33. The molecule has 1 N–H and O–H groups in total. The van der Waals surface area contributed by atoms with E-state index in [0.717, 1.165) is 61.2 Å². The van der Waals surface area contributed by atoms with Gasteiger partial charge in [-0.3, -0.25) is 14.7 Å². The van der Waals surface area contributed by atoms with Crippen LogP contribution in [-0.4, -0.2) is 48.1 Å². The molecule has 2 fully saturated rings. The number of nitrogens with zero attached hydrogens (tertiary/aromatic N) is 2. The van der Waals surface area contributed by atoms with Gasteiger partial charge in [-0.25, -0.2) is 4.39 Å². The van der Waals surface area contributed by atoms with Crippen LogP contribution in [0.4, 0.5) is 4.39 Å². The van der Waals surface area contributed by atoms with Crippen molar-refractivity contribution in [1.29, 1.82) is 0 Å². The molecule has 2 heterocycles. The summed E-state index contributed by atoms with van der Waals surface area (Å²) in [6, 6.07) is 19.5. The number of aromatic nitrogens is 1. The Morgan fingerprint density at radius 1 is 1.05 bits per heavy atom. The first-order valence-corrected chi connectivity index (χ1v) is 13.8. The number of hydrogen-bond acceptors (Lipinski definition) is 4. The molecule has 1 saturated carbocycles. The van der Waals surface area contributed by atoms with Crippen LogP contribution in [-0.2, 0) is 9.53 Å². The lowest BCUT2D eigenvalue weighted by Gasteiger charge is -2.42. The zero-order valence-corrected chi connectivity index (χ0v) is 22.7. The molecule has 194 valence electrons. The third kappa shape index (κ3) is 6.28. The molecular formula is C30H33BrFN3O2. The highest BCUT2D eigenvalue weighted by atomic mass is 79.9. The number of ether oxygens (including phenoxy) is 1. The molecule has 1 aliphatic carbocycles. The lowest BCUT2D eigenvalue weighted by Crippen LogP contribution is -2.48. The summed E-state index contributed by atoms with van der Waals surface area (Å²) in [5.41, 5.74) is 3.88. The number of rotatable bonds is 6. The van der Waals surface area contributed by atoms with Crippen LogP contribution in [0.1, 0.15) is 53.6 Å². The van der Waals surface area contributed by atoms with Gasteiger partial charge in [-0.15, -0.1) is 0 Å². The molecule has 1 unspecified atom stereocenters. The molecule has 5 rings (SSSR count). The average Bonchev–Trinajstić information content (AvgIpc) is 2.93. The standard InChI is InChI=1S/C30H33BrFN3O2/c1-20-2-4-22(5-3-20)29(28-13-10-24(32)19-33-28)34-30(36)26-12-11-25(35-14-16-37-17-15-35)18-27(26)21-6-8-23(31)9-7-21/h2-10,13,19,25-27,29H,11-12,14-18H2,1H3,(H,34,36)/t25-,26-,27+,29?/m1/s1. The van der Waals surface area contributed by atoms with Gasteiger partial charge in [0.25, 0.3) is 0 Å². The monoisotopic (exact) mass is 565 g/mol. The first-order chi connectivity index (χ1) is 18.0. The van der Waals surface area contributed by atoms with Gasteiger partial charge in [0.15, 0.2) is 0 Å². The maximum absolute atomic E-state index is 14.0. The van der Waals surface area contributed by atoms with Crippen LogP contribution in [0.5, 0.6) is 0 Å². The van der Waals surface area contributed by atoms with Crippen LogP contribution < -0.4 is 5.32 Å². The number of amides is 1. The molecule has 1 aliphatic heterocycles. The number of halogens is 2. The maximum atomic E-state index is 14.0. The second kappa shape index (κ2) is 11.8. The van der Waals surface area contributed by atoms with Crippen LogP contribution in [0, 0.1) is 18.7 Å². The Morgan fingerprint density at radius 2 is 1.78 bits per heavy atom. The molecule has 4 atom stereocenters. The Labute approximate surface area is 226 Å². The van der Waals surface area contributed by atoms with E-state index in [4.69, 9.17) is 4.74 Å². The van der Waals surface area contributed by atoms with E-state index in [9.17, 15) is 9.18 Å². The molecule has 1 saturated heterocycles. The number of hydrogen-bond donors (Lipinski definition) is 1. The summed E-state index contributed by atoms with van der Waals surface area (Å²) in [7, 11) is 0. The zero-order chi connectivity index (χ0) is 25.8. The average molecular weight is 567 g/mol. The molecule has 3 aromatic rings. The van der Waals surface area contributed by atoms with Crippen molar-refractivity contribution in [2.75, 3.05) is 26.3 Å². The molecule has 1 aromatic heterocycles. The second-order valence-corrected chi connectivity index (χ2v) is 11.0. The van der Waals surface area contributed by atoms with Gasteiger partial charge < -0.3 is 10.1 Å². The van der Waals surface area contributed by atoms with Gasteiger partial charge in [0, 0.05) is 29.5 Å². The number of benzene rings is 2. The van der Waals surface area contributed by atoms with Crippen LogP contribution in [0.2, 0.25) is 0 Å². The largest absolute Gasteiger partial charge is 0.379 e. The van der Waals surface area contributed by atoms with E-state index in [1.165, 1.54) is 17.8 Å². The molecule has 0 radical (unpaired) electrons. The van der Waals surface area contributed by atoms with Crippen molar-refractivity contribution >= 4 is 21.8 Å². The smallest absolute Gasteiger partial charge is 0.224 e. The van der Waals surface area contributed by atoms with E-state index in [1.807, 2.05) is 31.2 Å². The van der Waals surface area contributed by atoms with Crippen molar-refractivity contribution < 1.29 is 13.9 Å². The van der Waals surface area contributed by atoms with Gasteiger partial charge >= 0.3 is 0 Å². The van der Waals surface area contributed by atoms with Gasteiger partial charge in [0.2, 0.25) is 5.91 Å². The van der Waals surface area contributed by atoms with Crippen molar-refractivity contribution in [3.63, 3.8) is 0 Å². The van der Waals surface area contributed by atoms with Gasteiger partial charge in [-0.1, -0.05) is 57.9 Å². The first-order valence-electron chi connectivity index (χ1n) is 13.0. The van der Waals surface area contributed by atoms with Gasteiger partial charge in [0.1, 0.15) is 5.82 Å². The topological polar surface area (TPSA) is 54.5 Å². The van der Waals surface area contributed by atoms with Crippen molar-refractivity contribution in [3.05, 3.63) is 99.5 Å². The minimum absolute atomic E-state index is 0.0186. The quantitative estimate of drug-likeness (QED) is 0.411. The lowest BCUT2D eigenvalue weighted by atomic mass is 9.72. The van der Waals surface area contributed by atoms with E-state index < -0.39 is 11.9 Å². The Hall–Kier alpha value is -2.61. The lowest BCUT2D eigenvalue weighted by molar-refractivity contribution is -0.127. The van der Waals surface area contributed by atoms with E-state index in [-0.39, 0.29) is 17.7 Å². The SMILES string of the molecule is Cc1ccc(C(NC(=O)[C@@H]2CC[C@@H](N3CCOCC3)C[C@H]2c2ccc(Br)cc2)c2ccc(F)cn2)cc1. The molecular weight excluding hydrogens is 533 g/mol. The number of carbonyl (C=O) groups is 1. The highest BCUT2D eigenvalue weighted by Gasteiger charge is 2.39. The predicted octanol–water partition coefficient (Wildman–Crippen LogP) is 5.78. The number of aryl methyl sites for hydroxylation is 1. The highest BCUT2D eigenvalue weighted by molar-refractivity contribution is 9.10. The van der Waals surface area contributed by atoms with Gasteiger partial charge in [-0.05, 0) is 67.5 Å². The fraction of sp³-hybridized carbons (Fsp3) is 0.400. The number of pyridine rings is 1. The molecule has 0 bridgehead atoms. The Morgan fingerprint density at radius 3 is 2.46 bits per heavy atom. The minimum atomic E-state index is -0.448. The summed E-state index contributed by atoms with van der Waals surface area (Å²) >= 11 is 3.55. The summed E-state index contributed by atoms with van der Waals surface area (Å²) < 4.78 is 20.3. The molecule has 5 nitrogen and oxygen atoms in total. The van der Waals surface area contributed by atoms with Gasteiger partial charge in [0.05, 0.1) is 31.1 Å². The normalized spacial score (nSPS) is 23.4. The molecule has 2 aromatic carbocycles. The number of carbonyl (C=O) groups excluding carboxylic acids is 1. The fourth-order valence-corrected chi connectivity index (χ4v) is 5.97. The predicted molar refractivity (Wildman–Crippen MR) is 146 cm³/mol. The van der Waals surface area contributed by atoms with E-state index in [2.05, 4.69) is 55.4 Å². The van der Waals surface area contributed by atoms with Crippen molar-refractivity contribution in [1.82, 2.24) is 15.2 Å². The summed E-state index contributed by atoms with van der Waals surface area (Å²) in [6.45, 7) is 5.46. The van der Waals surface area contributed by atoms with Crippen LogP contribution in [0.15, 0.2) is 71.3 Å². The number of nitrogens with one attached hydrogen (secondary N) is 1. The molecule has 1 amide bonds.